The monoisotopic (exact) mass is 499 g/mol. The molecular formula is C25H24ClF2N5O2. The van der Waals surface area contributed by atoms with E-state index < -0.39 is 6.43 Å². The molecule has 2 aromatic heterocycles. The summed E-state index contributed by atoms with van der Waals surface area (Å²) >= 11 is 6.11. The molecule has 0 radical (unpaired) electrons. The average Bonchev–Trinajstić information content (AvgIpc) is 3.23. The highest BCUT2D eigenvalue weighted by molar-refractivity contribution is 6.31. The Bertz CT molecular complexity index is 1310. The maximum absolute atomic E-state index is 13.6. The van der Waals surface area contributed by atoms with Gasteiger partial charge in [-0.05, 0) is 49.2 Å². The number of fused-ring (bicyclic) bond motifs is 3. The summed E-state index contributed by atoms with van der Waals surface area (Å²) in [5, 5.41) is 5.25. The number of halogens is 3. The zero-order valence-corrected chi connectivity index (χ0v) is 20.1. The number of nitrogens with zero attached hydrogens (tertiary/aromatic N) is 5. The van der Waals surface area contributed by atoms with Gasteiger partial charge in [-0.2, -0.15) is 5.10 Å². The highest BCUT2D eigenvalue weighted by Gasteiger charge is 2.36. The van der Waals surface area contributed by atoms with Crippen LogP contribution in [0.1, 0.15) is 68.3 Å². The molecule has 5 rings (SSSR count). The first kappa shape index (κ1) is 23.4. The number of alkyl halides is 2. The second kappa shape index (κ2) is 9.03. The van der Waals surface area contributed by atoms with Crippen molar-refractivity contribution in [2.75, 3.05) is 13.1 Å². The minimum absolute atomic E-state index is 0.117. The Morgan fingerprint density at radius 1 is 1.14 bits per heavy atom. The van der Waals surface area contributed by atoms with Crippen molar-refractivity contribution in [3.63, 3.8) is 0 Å². The van der Waals surface area contributed by atoms with Gasteiger partial charge < -0.3 is 9.80 Å². The Morgan fingerprint density at radius 2 is 1.94 bits per heavy atom. The van der Waals surface area contributed by atoms with Gasteiger partial charge >= 0.3 is 0 Å². The second-order valence-electron chi connectivity index (χ2n) is 8.93. The summed E-state index contributed by atoms with van der Waals surface area (Å²) in [6, 6.07) is 7.73. The van der Waals surface area contributed by atoms with Crippen molar-refractivity contribution in [2.24, 2.45) is 0 Å². The maximum Gasteiger partial charge on any atom is 0.280 e. The topological polar surface area (TPSA) is 71.3 Å². The zero-order chi connectivity index (χ0) is 24.9. The number of benzene rings is 1. The van der Waals surface area contributed by atoms with E-state index in [1.165, 1.54) is 12.3 Å². The van der Waals surface area contributed by atoms with Crippen LogP contribution in [-0.4, -0.2) is 49.5 Å². The highest BCUT2D eigenvalue weighted by Crippen LogP contribution is 2.31. The first-order valence-corrected chi connectivity index (χ1v) is 11.8. The fourth-order valence-corrected chi connectivity index (χ4v) is 4.86. The van der Waals surface area contributed by atoms with Crippen LogP contribution >= 0.6 is 11.6 Å². The van der Waals surface area contributed by atoms with Crippen LogP contribution in [0.3, 0.4) is 0 Å². The molecule has 1 atom stereocenters. The molecule has 0 aliphatic carbocycles. The van der Waals surface area contributed by atoms with Crippen LogP contribution in [0.25, 0.3) is 0 Å². The Kier molecular flexibility index (Phi) is 6.04. The molecule has 0 N–H and O–H groups in total. The van der Waals surface area contributed by atoms with Crippen molar-refractivity contribution >= 4 is 23.4 Å². The molecule has 2 amide bonds. The van der Waals surface area contributed by atoms with Gasteiger partial charge in [-0.15, -0.1) is 0 Å². The van der Waals surface area contributed by atoms with E-state index >= 15 is 0 Å². The first-order chi connectivity index (χ1) is 16.7. The van der Waals surface area contributed by atoms with Gasteiger partial charge in [0.25, 0.3) is 18.2 Å². The van der Waals surface area contributed by atoms with Crippen molar-refractivity contribution in [2.45, 2.75) is 45.8 Å². The third-order valence-corrected chi connectivity index (χ3v) is 7.22. The normalized spacial score (nSPS) is 16.3. The number of rotatable bonds is 4. The van der Waals surface area contributed by atoms with Crippen LogP contribution in [0.4, 0.5) is 8.78 Å². The second-order valence-corrected chi connectivity index (χ2v) is 9.34. The lowest BCUT2D eigenvalue weighted by Gasteiger charge is -2.34. The van der Waals surface area contributed by atoms with Crippen LogP contribution in [0.5, 0.6) is 0 Å². The van der Waals surface area contributed by atoms with Crippen molar-refractivity contribution in [3.05, 3.63) is 80.9 Å². The van der Waals surface area contributed by atoms with Crippen molar-refractivity contribution in [3.8, 4) is 0 Å². The molecule has 0 bridgehead atoms. The van der Waals surface area contributed by atoms with Gasteiger partial charge in [0.2, 0.25) is 0 Å². The van der Waals surface area contributed by atoms with Gasteiger partial charge in [0.1, 0.15) is 11.4 Å². The molecule has 182 valence electrons. The van der Waals surface area contributed by atoms with E-state index in [4.69, 9.17) is 11.6 Å². The summed E-state index contributed by atoms with van der Waals surface area (Å²) in [4.78, 5) is 34.0. The summed E-state index contributed by atoms with van der Waals surface area (Å²) < 4.78 is 27.5. The summed E-state index contributed by atoms with van der Waals surface area (Å²) in [6.07, 6.45) is -0.676. The fraction of sp³-hybridized carbons (Fsp3) is 0.360. The lowest BCUT2D eigenvalue weighted by Crippen LogP contribution is -2.43. The Balaban J connectivity index is 1.39. The Labute approximate surface area is 206 Å². The largest absolute Gasteiger partial charge is 0.334 e. The molecule has 0 saturated heterocycles. The van der Waals surface area contributed by atoms with Gasteiger partial charge in [-0.3, -0.25) is 19.3 Å². The van der Waals surface area contributed by atoms with E-state index in [0.29, 0.717) is 54.4 Å². The van der Waals surface area contributed by atoms with E-state index in [-0.39, 0.29) is 23.6 Å². The third kappa shape index (κ3) is 4.18. The van der Waals surface area contributed by atoms with Crippen molar-refractivity contribution in [1.29, 1.82) is 0 Å². The lowest BCUT2D eigenvalue weighted by molar-refractivity contribution is 0.0615. The molecule has 1 unspecified atom stereocenters. The molecular weight excluding hydrogens is 476 g/mol. The predicted molar refractivity (Wildman–Crippen MR) is 126 cm³/mol. The average molecular weight is 500 g/mol. The van der Waals surface area contributed by atoms with Crippen LogP contribution in [0.15, 0.2) is 36.5 Å². The van der Waals surface area contributed by atoms with Gasteiger partial charge in [0.05, 0.1) is 24.8 Å². The number of hydrogen-bond acceptors (Lipinski definition) is 4. The molecule has 3 aromatic rings. The van der Waals surface area contributed by atoms with Gasteiger partial charge in [0, 0.05) is 41.9 Å². The van der Waals surface area contributed by atoms with E-state index in [1.54, 1.807) is 38.7 Å². The molecule has 35 heavy (non-hydrogen) atoms. The molecule has 0 fully saturated rings. The molecule has 0 saturated carbocycles. The molecule has 4 heterocycles. The van der Waals surface area contributed by atoms with E-state index in [9.17, 15) is 18.4 Å². The zero-order valence-electron chi connectivity index (χ0n) is 19.3. The number of carbonyl (C=O) groups is 2. The Hall–Kier alpha value is -3.33. The molecule has 10 heteroatoms. The quantitative estimate of drug-likeness (QED) is 0.526. The maximum atomic E-state index is 13.6. The van der Waals surface area contributed by atoms with Gasteiger partial charge in [-0.25, -0.2) is 8.78 Å². The molecule has 1 aromatic carbocycles. The minimum Gasteiger partial charge on any atom is -0.334 e. The van der Waals surface area contributed by atoms with Crippen LogP contribution in [0.2, 0.25) is 5.02 Å². The summed E-state index contributed by atoms with van der Waals surface area (Å²) in [5.41, 5.74) is 3.86. The van der Waals surface area contributed by atoms with Gasteiger partial charge in [0.15, 0.2) is 0 Å². The van der Waals surface area contributed by atoms with E-state index in [2.05, 4.69) is 10.1 Å². The first-order valence-electron chi connectivity index (χ1n) is 11.4. The molecule has 2 aliphatic rings. The number of pyridine rings is 1. The van der Waals surface area contributed by atoms with Gasteiger partial charge in [-0.1, -0.05) is 17.7 Å². The number of amides is 2. The third-order valence-electron chi connectivity index (χ3n) is 6.79. The van der Waals surface area contributed by atoms with E-state index in [1.807, 2.05) is 13.8 Å². The lowest BCUT2D eigenvalue weighted by atomic mass is 10.0. The highest BCUT2D eigenvalue weighted by atomic mass is 35.5. The predicted octanol–water partition coefficient (Wildman–Crippen LogP) is 4.59. The van der Waals surface area contributed by atoms with E-state index in [0.717, 1.165) is 16.8 Å². The fourth-order valence-electron chi connectivity index (χ4n) is 4.74. The smallest absolute Gasteiger partial charge is 0.280 e. The number of hydrogen-bond donors (Lipinski definition) is 0. The SMILES string of the molecule is Cc1cc(C(=O)N2CCc3nn4c(c3C2)C(=O)N(C(C)c2ccc(C(F)F)nc2)CC4)ccc1Cl. The minimum atomic E-state index is -2.64. The summed E-state index contributed by atoms with van der Waals surface area (Å²) in [7, 11) is 0. The Morgan fingerprint density at radius 3 is 2.63 bits per heavy atom. The number of aromatic nitrogens is 3. The standard InChI is InChI=1S/C25H24ClF2N5O2/c1-14-11-16(3-5-19(14)26)24(34)31-8-7-20-18(13-31)22-25(35)32(9-10-33(22)30-20)15(2)17-4-6-21(23(27)28)29-12-17/h3-6,11-12,15,23H,7-10,13H2,1-2H3. The summed E-state index contributed by atoms with van der Waals surface area (Å²) in [6.45, 7) is 5.48. The van der Waals surface area contributed by atoms with Crippen LogP contribution in [-0.2, 0) is 19.5 Å². The van der Waals surface area contributed by atoms with Crippen LogP contribution in [0, 0.1) is 6.92 Å². The molecule has 2 aliphatic heterocycles. The van der Waals surface area contributed by atoms with Crippen molar-refractivity contribution < 1.29 is 18.4 Å². The van der Waals surface area contributed by atoms with Crippen molar-refractivity contribution in [1.82, 2.24) is 24.6 Å². The van der Waals surface area contributed by atoms with Crippen LogP contribution < -0.4 is 0 Å². The molecule has 0 spiro atoms. The number of aryl methyl sites for hydroxylation is 1. The summed E-state index contributed by atoms with van der Waals surface area (Å²) in [5.74, 6) is -0.305. The molecule has 7 nitrogen and oxygen atoms in total. The number of carbonyl (C=O) groups excluding carboxylic acids is 2.